The molecule has 35 heavy (non-hydrogen) atoms. The number of sulfonamides is 1. The molecule has 9 heteroatoms. The molecule has 0 saturated heterocycles. The van der Waals surface area contributed by atoms with Crippen molar-refractivity contribution in [3.63, 3.8) is 0 Å². The van der Waals surface area contributed by atoms with Crippen LogP contribution < -0.4 is 9.62 Å². The predicted molar refractivity (Wildman–Crippen MR) is 137 cm³/mol. The maximum atomic E-state index is 13.6. The number of nitrogens with one attached hydrogen (secondary N) is 1. The third-order valence-electron chi connectivity index (χ3n) is 5.79. The fraction of sp³-hybridized carbons (Fsp3) is 0.462. The zero-order chi connectivity index (χ0) is 26.3. The summed E-state index contributed by atoms with van der Waals surface area (Å²) in [6.45, 7) is 9.55. The van der Waals surface area contributed by atoms with Crippen molar-refractivity contribution < 1.29 is 22.4 Å². The van der Waals surface area contributed by atoms with E-state index in [0.717, 1.165) is 21.7 Å². The van der Waals surface area contributed by atoms with Crippen molar-refractivity contribution in [1.29, 1.82) is 0 Å². The second kappa shape index (κ2) is 12.2. The summed E-state index contributed by atoms with van der Waals surface area (Å²) in [6.07, 6.45) is 1.38. The van der Waals surface area contributed by atoms with Crippen LogP contribution in [-0.4, -0.2) is 50.5 Å². The standard InChI is InChI=1S/C26H36FN3O4S/c1-7-24(26(32)28-15-18(2)3)29(16-21-9-11-22(27)12-10-21)25(31)17-30(35(6,33)34)23-13-8-19(4)20(5)14-23/h8-14,18,24H,7,15-17H2,1-6H3,(H,28,32)/t24-/m1/s1. The first kappa shape index (κ1) is 28.3. The van der Waals surface area contributed by atoms with Crippen molar-refractivity contribution in [2.24, 2.45) is 5.92 Å². The Bertz CT molecular complexity index is 1130. The van der Waals surface area contributed by atoms with Gasteiger partial charge < -0.3 is 10.2 Å². The molecule has 0 aliphatic rings. The molecule has 0 spiro atoms. The summed E-state index contributed by atoms with van der Waals surface area (Å²) in [5, 5.41) is 2.87. The van der Waals surface area contributed by atoms with Gasteiger partial charge in [-0.05, 0) is 67.1 Å². The van der Waals surface area contributed by atoms with Gasteiger partial charge in [-0.1, -0.05) is 39.0 Å². The Kier molecular flexibility index (Phi) is 9.82. The van der Waals surface area contributed by atoms with E-state index in [1.54, 1.807) is 37.3 Å². The number of benzene rings is 2. The van der Waals surface area contributed by atoms with Crippen LogP contribution in [0.2, 0.25) is 0 Å². The fourth-order valence-corrected chi connectivity index (χ4v) is 4.46. The molecule has 2 aromatic rings. The van der Waals surface area contributed by atoms with Gasteiger partial charge in [0.2, 0.25) is 21.8 Å². The third-order valence-corrected chi connectivity index (χ3v) is 6.93. The maximum absolute atomic E-state index is 13.6. The summed E-state index contributed by atoms with van der Waals surface area (Å²) < 4.78 is 39.8. The molecule has 0 fully saturated rings. The van der Waals surface area contributed by atoms with Gasteiger partial charge in [0, 0.05) is 13.1 Å². The molecule has 1 atom stereocenters. The highest BCUT2D eigenvalue weighted by atomic mass is 32.2. The van der Waals surface area contributed by atoms with Gasteiger partial charge in [0.25, 0.3) is 0 Å². The summed E-state index contributed by atoms with van der Waals surface area (Å²) >= 11 is 0. The van der Waals surface area contributed by atoms with Gasteiger partial charge in [-0.3, -0.25) is 13.9 Å². The van der Waals surface area contributed by atoms with E-state index >= 15 is 0 Å². The highest BCUT2D eigenvalue weighted by Crippen LogP contribution is 2.22. The first-order valence-corrected chi connectivity index (χ1v) is 13.5. The number of amides is 2. The van der Waals surface area contributed by atoms with Crippen molar-refractivity contribution in [3.8, 4) is 0 Å². The third kappa shape index (κ3) is 8.06. The first-order valence-electron chi connectivity index (χ1n) is 11.7. The van der Waals surface area contributed by atoms with Crippen LogP contribution in [0.5, 0.6) is 0 Å². The lowest BCUT2D eigenvalue weighted by molar-refractivity contribution is -0.140. The van der Waals surface area contributed by atoms with E-state index in [9.17, 15) is 22.4 Å². The number of hydrogen-bond donors (Lipinski definition) is 1. The van der Waals surface area contributed by atoms with E-state index in [1.165, 1.54) is 17.0 Å². The Morgan fingerprint density at radius 3 is 2.17 bits per heavy atom. The quantitative estimate of drug-likeness (QED) is 0.504. The average molecular weight is 506 g/mol. The Hall–Kier alpha value is -2.94. The number of hydrogen-bond acceptors (Lipinski definition) is 4. The lowest BCUT2D eigenvalue weighted by Gasteiger charge is -2.33. The Balaban J connectivity index is 2.43. The van der Waals surface area contributed by atoms with Crippen molar-refractivity contribution in [3.05, 3.63) is 65.0 Å². The summed E-state index contributed by atoms with van der Waals surface area (Å²) in [7, 11) is -3.79. The molecule has 0 aromatic heterocycles. The van der Waals surface area contributed by atoms with Crippen LogP contribution in [0.4, 0.5) is 10.1 Å². The molecule has 0 aliphatic heterocycles. The lowest BCUT2D eigenvalue weighted by Crippen LogP contribution is -2.52. The fourth-order valence-electron chi connectivity index (χ4n) is 3.62. The minimum Gasteiger partial charge on any atom is -0.354 e. The van der Waals surface area contributed by atoms with Crippen LogP contribution in [0.1, 0.15) is 43.9 Å². The molecular weight excluding hydrogens is 469 g/mol. The van der Waals surface area contributed by atoms with Crippen LogP contribution in [0, 0.1) is 25.6 Å². The number of nitrogens with zero attached hydrogens (tertiary/aromatic N) is 2. The minimum atomic E-state index is -3.79. The summed E-state index contributed by atoms with van der Waals surface area (Å²) in [5.74, 6) is -1.02. The highest BCUT2D eigenvalue weighted by Gasteiger charge is 2.31. The SMILES string of the molecule is CC[C@H](C(=O)NCC(C)C)N(Cc1ccc(F)cc1)C(=O)CN(c1ccc(C)c(C)c1)S(C)(=O)=O. The monoisotopic (exact) mass is 505 g/mol. The molecular formula is C26H36FN3O4S. The zero-order valence-electron chi connectivity index (χ0n) is 21.3. The van der Waals surface area contributed by atoms with Gasteiger partial charge in [0.15, 0.2) is 0 Å². The molecule has 7 nitrogen and oxygen atoms in total. The van der Waals surface area contributed by atoms with E-state index in [0.29, 0.717) is 24.2 Å². The number of halogens is 1. The smallest absolute Gasteiger partial charge is 0.244 e. The predicted octanol–water partition coefficient (Wildman–Crippen LogP) is 3.79. The van der Waals surface area contributed by atoms with Crippen LogP contribution >= 0.6 is 0 Å². The Morgan fingerprint density at radius 1 is 1.03 bits per heavy atom. The number of carbonyl (C=O) groups excluding carboxylic acids is 2. The molecule has 2 aromatic carbocycles. The Labute approximate surface area is 208 Å². The van der Waals surface area contributed by atoms with E-state index < -0.39 is 34.3 Å². The molecule has 0 bridgehead atoms. The minimum absolute atomic E-state index is 0.0389. The number of anilines is 1. The molecule has 2 amide bonds. The second-order valence-corrected chi connectivity index (χ2v) is 11.2. The van der Waals surface area contributed by atoms with E-state index in [4.69, 9.17) is 0 Å². The van der Waals surface area contributed by atoms with Crippen LogP contribution in [0.15, 0.2) is 42.5 Å². The van der Waals surface area contributed by atoms with Crippen LogP contribution in [0.25, 0.3) is 0 Å². The average Bonchev–Trinajstić information content (AvgIpc) is 2.78. The topological polar surface area (TPSA) is 86.8 Å². The van der Waals surface area contributed by atoms with Gasteiger partial charge in [-0.15, -0.1) is 0 Å². The van der Waals surface area contributed by atoms with Gasteiger partial charge in [0.05, 0.1) is 11.9 Å². The summed E-state index contributed by atoms with van der Waals surface area (Å²) in [4.78, 5) is 28.0. The van der Waals surface area contributed by atoms with Gasteiger partial charge in [-0.2, -0.15) is 0 Å². The van der Waals surface area contributed by atoms with Crippen molar-refractivity contribution in [2.45, 2.75) is 53.6 Å². The normalized spacial score (nSPS) is 12.3. The molecule has 1 N–H and O–H groups in total. The number of aryl methyl sites for hydroxylation is 2. The molecule has 192 valence electrons. The molecule has 2 rings (SSSR count). The summed E-state index contributed by atoms with van der Waals surface area (Å²) in [6, 6.07) is 10.0. The van der Waals surface area contributed by atoms with Crippen molar-refractivity contribution in [1.82, 2.24) is 10.2 Å². The molecule has 0 saturated carbocycles. The largest absolute Gasteiger partial charge is 0.354 e. The van der Waals surface area contributed by atoms with E-state index in [2.05, 4.69) is 5.32 Å². The maximum Gasteiger partial charge on any atom is 0.244 e. The van der Waals surface area contributed by atoms with Crippen molar-refractivity contribution >= 4 is 27.5 Å². The summed E-state index contributed by atoms with van der Waals surface area (Å²) in [5.41, 5.74) is 2.90. The molecule has 0 heterocycles. The van der Waals surface area contributed by atoms with Crippen LogP contribution in [-0.2, 0) is 26.2 Å². The van der Waals surface area contributed by atoms with Crippen LogP contribution in [0.3, 0.4) is 0 Å². The highest BCUT2D eigenvalue weighted by molar-refractivity contribution is 7.92. The second-order valence-electron chi connectivity index (χ2n) is 9.25. The van der Waals surface area contributed by atoms with E-state index in [-0.39, 0.29) is 18.4 Å². The Morgan fingerprint density at radius 2 is 1.66 bits per heavy atom. The van der Waals surface area contributed by atoms with Gasteiger partial charge >= 0.3 is 0 Å². The first-order chi connectivity index (χ1) is 16.3. The number of rotatable bonds is 11. The molecule has 0 radical (unpaired) electrons. The zero-order valence-corrected chi connectivity index (χ0v) is 22.2. The molecule has 0 aliphatic carbocycles. The number of carbonyl (C=O) groups is 2. The molecule has 0 unspecified atom stereocenters. The lowest BCUT2D eigenvalue weighted by atomic mass is 10.1. The van der Waals surface area contributed by atoms with Gasteiger partial charge in [0.1, 0.15) is 18.4 Å². The van der Waals surface area contributed by atoms with Gasteiger partial charge in [-0.25, -0.2) is 12.8 Å². The van der Waals surface area contributed by atoms with Crippen molar-refractivity contribution in [2.75, 3.05) is 23.7 Å². The van der Waals surface area contributed by atoms with E-state index in [1.807, 2.05) is 27.7 Å².